The second kappa shape index (κ2) is 5.23. The molecule has 0 saturated heterocycles. The number of halogens is 5. The number of carbonyl (C=O) groups excluding carboxylic acids is 1. The van der Waals surface area contributed by atoms with Crippen LogP contribution >= 0.6 is 15.9 Å². The second-order valence-corrected chi connectivity index (χ2v) is 4.12. The predicted octanol–water partition coefficient (Wildman–Crippen LogP) is 3.24. The van der Waals surface area contributed by atoms with Crippen molar-refractivity contribution in [1.29, 1.82) is 0 Å². The van der Waals surface area contributed by atoms with Crippen molar-refractivity contribution < 1.29 is 27.2 Å². The fraction of sp³-hybridized carbons (Fsp3) is 0.300. The lowest BCUT2D eigenvalue weighted by atomic mass is 10.1. The molecule has 0 aromatic heterocycles. The van der Waals surface area contributed by atoms with Gasteiger partial charge in [-0.25, -0.2) is 9.45 Å². The Kier molecular flexibility index (Phi) is 4.33. The van der Waals surface area contributed by atoms with E-state index >= 15 is 0 Å². The standard InChI is InChI=1S/C10H8BrF4NO2/c1-16(18-2)9(17)7-5(10(13,14)15)3-4-6(11)8(7)12/h3-4H,1-2H3. The topological polar surface area (TPSA) is 29.5 Å². The summed E-state index contributed by atoms with van der Waals surface area (Å²) in [5.41, 5.74) is -2.43. The van der Waals surface area contributed by atoms with Crippen molar-refractivity contribution >= 4 is 21.8 Å². The van der Waals surface area contributed by atoms with Crippen molar-refractivity contribution in [3.63, 3.8) is 0 Å². The number of hydroxylamine groups is 2. The van der Waals surface area contributed by atoms with Crippen LogP contribution in [0.15, 0.2) is 16.6 Å². The molecule has 100 valence electrons. The zero-order chi connectivity index (χ0) is 14.1. The molecule has 0 aliphatic rings. The first-order valence-electron chi connectivity index (χ1n) is 4.57. The van der Waals surface area contributed by atoms with E-state index in [0.717, 1.165) is 20.2 Å². The molecule has 0 fully saturated rings. The quantitative estimate of drug-likeness (QED) is 0.615. The largest absolute Gasteiger partial charge is 0.417 e. The van der Waals surface area contributed by atoms with Gasteiger partial charge in [0.1, 0.15) is 0 Å². The lowest BCUT2D eigenvalue weighted by molar-refractivity contribution is -0.138. The molecule has 0 unspecified atom stereocenters. The van der Waals surface area contributed by atoms with E-state index in [9.17, 15) is 22.4 Å². The van der Waals surface area contributed by atoms with E-state index in [0.29, 0.717) is 11.1 Å². The van der Waals surface area contributed by atoms with Crippen LogP contribution in [-0.4, -0.2) is 25.1 Å². The van der Waals surface area contributed by atoms with E-state index in [1.165, 1.54) is 0 Å². The molecule has 1 aromatic rings. The lowest BCUT2D eigenvalue weighted by Crippen LogP contribution is -2.29. The summed E-state index contributed by atoms with van der Waals surface area (Å²) in [5.74, 6) is -2.50. The van der Waals surface area contributed by atoms with Crippen LogP contribution in [0.3, 0.4) is 0 Å². The van der Waals surface area contributed by atoms with Crippen LogP contribution in [0.1, 0.15) is 15.9 Å². The van der Waals surface area contributed by atoms with Crippen molar-refractivity contribution in [2.24, 2.45) is 0 Å². The molecule has 1 rings (SSSR count). The van der Waals surface area contributed by atoms with Gasteiger partial charge in [-0.2, -0.15) is 13.2 Å². The van der Waals surface area contributed by atoms with E-state index in [-0.39, 0.29) is 4.47 Å². The summed E-state index contributed by atoms with van der Waals surface area (Å²) in [7, 11) is 2.17. The van der Waals surface area contributed by atoms with Crippen LogP contribution < -0.4 is 0 Å². The fourth-order valence-electron chi connectivity index (χ4n) is 1.24. The van der Waals surface area contributed by atoms with Gasteiger partial charge in [0.25, 0.3) is 5.91 Å². The van der Waals surface area contributed by atoms with Crippen molar-refractivity contribution in [2.75, 3.05) is 14.2 Å². The Morgan fingerprint density at radius 2 is 1.94 bits per heavy atom. The minimum absolute atomic E-state index is 0.233. The number of nitrogens with zero attached hydrogens (tertiary/aromatic N) is 1. The zero-order valence-electron chi connectivity index (χ0n) is 9.31. The van der Waals surface area contributed by atoms with E-state index < -0.39 is 29.0 Å². The van der Waals surface area contributed by atoms with Gasteiger partial charge < -0.3 is 0 Å². The second-order valence-electron chi connectivity index (χ2n) is 3.27. The first-order chi connectivity index (χ1) is 8.20. The third-order valence-electron chi connectivity index (χ3n) is 2.17. The van der Waals surface area contributed by atoms with Crippen molar-refractivity contribution in [2.45, 2.75) is 6.18 Å². The Hall–Kier alpha value is -1.15. The highest BCUT2D eigenvalue weighted by molar-refractivity contribution is 9.10. The molecule has 0 aliphatic heterocycles. The third-order valence-corrected chi connectivity index (χ3v) is 2.79. The smallest absolute Gasteiger partial charge is 0.274 e. The number of rotatable bonds is 2. The Labute approximate surface area is 108 Å². The van der Waals surface area contributed by atoms with E-state index in [1.807, 2.05) is 0 Å². The predicted molar refractivity (Wildman–Crippen MR) is 58.2 cm³/mol. The molecular weight excluding hydrogens is 322 g/mol. The van der Waals surface area contributed by atoms with Crippen molar-refractivity contribution in [3.8, 4) is 0 Å². The lowest BCUT2D eigenvalue weighted by Gasteiger charge is -2.18. The van der Waals surface area contributed by atoms with Crippen LogP contribution in [-0.2, 0) is 11.0 Å². The van der Waals surface area contributed by atoms with Gasteiger partial charge in [0.15, 0.2) is 5.82 Å². The summed E-state index contributed by atoms with van der Waals surface area (Å²) < 4.78 is 51.5. The number of alkyl halides is 3. The molecule has 0 N–H and O–H groups in total. The van der Waals surface area contributed by atoms with E-state index in [2.05, 4.69) is 20.8 Å². The van der Waals surface area contributed by atoms with Gasteiger partial charge in [0.05, 0.1) is 22.7 Å². The van der Waals surface area contributed by atoms with Crippen molar-refractivity contribution in [1.82, 2.24) is 5.06 Å². The van der Waals surface area contributed by atoms with Crippen LogP contribution in [0.2, 0.25) is 0 Å². The Morgan fingerprint density at radius 1 is 1.39 bits per heavy atom. The molecule has 0 atom stereocenters. The molecule has 0 bridgehead atoms. The fourth-order valence-corrected chi connectivity index (χ4v) is 1.57. The number of hydrogen-bond acceptors (Lipinski definition) is 2. The molecule has 1 aromatic carbocycles. The maximum Gasteiger partial charge on any atom is 0.417 e. The van der Waals surface area contributed by atoms with Crippen LogP contribution in [0.4, 0.5) is 17.6 Å². The maximum atomic E-state index is 13.7. The minimum Gasteiger partial charge on any atom is -0.274 e. The van der Waals surface area contributed by atoms with Crippen LogP contribution in [0.25, 0.3) is 0 Å². The average molecular weight is 330 g/mol. The highest BCUT2D eigenvalue weighted by Crippen LogP contribution is 2.35. The molecule has 0 aliphatic carbocycles. The van der Waals surface area contributed by atoms with Gasteiger partial charge in [-0.05, 0) is 28.1 Å². The normalized spacial score (nSPS) is 11.5. The zero-order valence-corrected chi connectivity index (χ0v) is 10.9. The first-order valence-corrected chi connectivity index (χ1v) is 5.36. The van der Waals surface area contributed by atoms with Crippen LogP contribution in [0.5, 0.6) is 0 Å². The SMILES string of the molecule is CON(C)C(=O)c1c(C(F)(F)F)ccc(Br)c1F. The van der Waals surface area contributed by atoms with Crippen LogP contribution in [0, 0.1) is 5.82 Å². The number of benzene rings is 1. The monoisotopic (exact) mass is 329 g/mol. The summed E-state index contributed by atoms with van der Waals surface area (Å²) >= 11 is 2.73. The Balaban J connectivity index is 3.48. The summed E-state index contributed by atoms with van der Waals surface area (Å²) in [6.07, 6.45) is -4.83. The minimum atomic E-state index is -4.83. The first kappa shape index (κ1) is 14.9. The van der Waals surface area contributed by atoms with Gasteiger partial charge >= 0.3 is 6.18 Å². The molecule has 0 saturated carbocycles. The van der Waals surface area contributed by atoms with Crippen molar-refractivity contribution in [3.05, 3.63) is 33.5 Å². The number of carbonyl (C=O) groups is 1. The Morgan fingerprint density at radius 3 is 2.39 bits per heavy atom. The molecule has 0 radical (unpaired) electrons. The molecule has 0 heterocycles. The third kappa shape index (κ3) is 2.81. The van der Waals surface area contributed by atoms with Gasteiger partial charge in [0.2, 0.25) is 0 Å². The molecule has 3 nitrogen and oxygen atoms in total. The van der Waals surface area contributed by atoms with Gasteiger partial charge in [-0.1, -0.05) is 0 Å². The number of hydrogen-bond donors (Lipinski definition) is 0. The summed E-state index contributed by atoms with van der Waals surface area (Å²) in [4.78, 5) is 16.1. The van der Waals surface area contributed by atoms with E-state index in [1.54, 1.807) is 0 Å². The molecule has 8 heteroatoms. The molecule has 0 spiro atoms. The number of amides is 1. The summed E-state index contributed by atoms with van der Waals surface area (Å²) in [5, 5.41) is 0.514. The molecule has 18 heavy (non-hydrogen) atoms. The average Bonchev–Trinajstić information content (AvgIpc) is 2.29. The van der Waals surface area contributed by atoms with Gasteiger partial charge in [-0.15, -0.1) is 0 Å². The van der Waals surface area contributed by atoms with Gasteiger partial charge in [0, 0.05) is 7.05 Å². The van der Waals surface area contributed by atoms with Gasteiger partial charge in [-0.3, -0.25) is 9.63 Å². The molecular formula is C10H8BrF4NO2. The maximum absolute atomic E-state index is 13.7. The molecule has 1 amide bonds. The highest BCUT2D eigenvalue weighted by atomic mass is 79.9. The Bertz CT molecular complexity index is 476. The van der Waals surface area contributed by atoms with E-state index in [4.69, 9.17) is 0 Å². The summed E-state index contributed by atoms with van der Waals surface area (Å²) in [6, 6.07) is 1.52. The highest BCUT2D eigenvalue weighted by Gasteiger charge is 2.38. The summed E-state index contributed by atoms with van der Waals surface area (Å²) in [6.45, 7) is 0.